The summed E-state index contributed by atoms with van der Waals surface area (Å²) in [7, 11) is 0. The van der Waals surface area contributed by atoms with Gasteiger partial charge in [-0.2, -0.15) is 0 Å². The molecule has 0 aliphatic rings. The maximum atomic E-state index is 5.82. The van der Waals surface area contributed by atoms with E-state index in [2.05, 4.69) is 10.6 Å². The van der Waals surface area contributed by atoms with Crippen LogP contribution in [0.1, 0.15) is 0 Å². The van der Waals surface area contributed by atoms with Gasteiger partial charge in [0.2, 0.25) is 0 Å². The molecule has 0 unspecified atom stereocenters. The molecule has 3 aromatic rings. The zero-order chi connectivity index (χ0) is 11.8. The van der Waals surface area contributed by atoms with Crippen LogP contribution in [0.2, 0.25) is 0 Å². The highest BCUT2D eigenvalue weighted by Gasteiger charge is 2.03. The van der Waals surface area contributed by atoms with Gasteiger partial charge in [-0.25, -0.2) is 0 Å². The molecule has 2 aromatic carbocycles. The summed E-state index contributed by atoms with van der Waals surface area (Å²) in [6, 6.07) is 15.8. The molecule has 3 rings (SSSR count). The van der Waals surface area contributed by atoms with Crippen LogP contribution in [0.5, 0.6) is 0 Å². The van der Waals surface area contributed by atoms with Gasteiger partial charge in [-0.1, -0.05) is 6.07 Å². The number of nitrogens with zero attached hydrogens (tertiary/aromatic N) is 1. The zero-order valence-corrected chi connectivity index (χ0v) is 9.30. The Kier molecular flexibility index (Phi) is 2.05. The number of fused-ring (bicyclic) bond motifs is 1. The number of aromatic nitrogens is 1. The average Bonchev–Trinajstić information content (AvgIpc) is 2.73. The van der Waals surface area contributed by atoms with Gasteiger partial charge >= 0.3 is 0 Å². The molecule has 0 amide bonds. The largest absolute Gasteiger partial charge is 0.399 e. The number of benzene rings is 2. The van der Waals surface area contributed by atoms with Crippen molar-refractivity contribution >= 4 is 22.3 Å². The van der Waals surface area contributed by atoms with Gasteiger partial charge in [-0.05, 0) is 42.5 Å². The molecule has 1 heterocycles. The first kappa shape index (κ1) is 9.78. The Morgan fingerprint density at radius 3 is 2.24 bits per heavy atom. The number of anilines is 2. The highest BCUT2D eigenvalue weighted by molar-refractivity contribution is 5.84. The van der Waals surface area contributed by atoms with Gasteiger partial charge in [0, 0.05) is 28.6 Å². The number of hydrogen-bond donors (Lipinski definition) is 2. The van der Waals surface area contributed by atoms with Gasteiger partial charge < -0.3 is 16.0 Å². The van der Waals surface area contributed by atoms with E-state index < -0.39 is 0 Å². The predicted molar refractivity (Wildman–Crippen MR) is 72.1 cm³/mol. The molecular formula is C14H13N3. The van der Waals surface area contributed by atoms with E-state index >= 15 is 0 Å². The second-order valence-electron chi connectivity index (χ2n) is 4.10. The predicted octanol–water partition coefficient (Wildman–Crippen LogP) is 2.79. The number of nitrogens with two attached hydrogens (primary N) is 2. The van der Waals surface area contributed by atoms with Crippen LogP contribution in [0.15, 0.2) is 54.7 Å². The molecule has 17 heavy (non-hydrogen) atoms. The molecule has 0 saturated carbocycles. The second-order valence-corrected chi connectivity index (χ2v) is 4.10. The van der Waals surface area contributed by atoms with E-state index in [1.54, 1.807) is 0 Å². The summed E-state index contributed by atoms with van der Waals surface area (Å²) in [5, 5.41) is 1.18. The molecule has 3 nitrogen and oxygen atoms in total. The van der Waals surface area contributed by atoms with Crippen LogP contribution in [-0.2, 0) is 0 Å². The normalized spacial score (nSPS) is 10.8. The standard InChI is InChI=1S/C14H13N3/c15-11-3-5-13(6-4-11)17-8-7-10-1-2-12(16)9-14(10)17/h1-9H,15-16H2. The molecule has 3 heteroatoms. The van der Waals surface area contributed by atoms with Gasteiger partial charge in [0.1, 0.15) is 0 Å². The Morgan fingerprint density at radius 1 is 0.765 bits per heavy atom. The molecule has 0 bridgehead atoms. The fraction of sp³-hybridized carbons (Fsp3) is 0. The third kappa shape index (κ3) is 1.61. The van der Waals surface area contributed by atoms with Crippen molar-refractivity contribution in [3.8, 4) is 5.69 Å². The molecule has 0 aliphatic carbocycles. The van der Waals surface area contributed by atoms with Gasteiger partial charge in [-0.15, -0.1) is 0 Å². The van der Waals surface area contributed by atoms with Gasteiger partial charge in [0.25, 0.3) is 0 Å². The Hall–Kier alpha value is -2.42. The first-order valence-corrected chi connectivity index (χ1v) is 5.46. The maximum Gasteiger partial charge on any atom is 0.0548 e. The minimum absolute atomic E-state index is 0.768. The minimum Gasteiger partial charge on any atom is -0.399 e. The van der Waals surface area contributed by atoms with E-state index in [1.165, 1.54) is 5.39 Å². The molecule has 1 aromatic heterocycles. The number of rotatable bonds is 1. The Labute approximate surface area is 99.3 Å². The van der Waals surface area contributed by atoms with Crippen LogP contribution in [0.4, 0.5) is 11.4 Å². The molecule has 0 spiro atoms. The van der Waals surface area contributed by atoms with Crippen LogP contribution in [-0.4, -0.2) is 4.57 Å². The summed E-state index contributed by atoms with van der Waals surface area (Å²) in [5.41, 5.74) is 15.2. The monoisotopic (exact) mass is 223 g/mol. The Morgan fingerprint density at radius 2 is 1.47 bits per heavy atom. The highest BCUT2D eigenvalue weighted by atomic mass is 15.0. The van der Waals surface area contributed by atoms with Crippen LogP contribution in [0.25, 0.3) is 16.6 Å². The molecule has 0 aliphatic heterocycles. The first-order chi connectivity index (χ1) is 8.24. The lowest BCUT2D eigenvalue weighted by Crippen LogP contribution is -1.93. The fourth-order valence-electron chi connectivity index (χ4n) is 2.01. The van der Waals surface area contributed by atoms with Crippen LogP contribution >= 0.6 is 0 Å². The summed E-state index contributed by atoms with van der Waals surface area (Å²) >= 11 is 0. The van der Waals surface area contributed by atoms with Crippen molar-refractivity contribution in [2.24, 2.45) is 0 Å². The van der Waals surface area contributed by atoms with Crippen molar-refractivity contribution < 1.29 is 0 Å². The van der Waals surface area contributed by atoms with Gasteiger partial charge in [0.05, 0.1) is 5.52 Å². The number of hydrogen-bond acceptors (Lipinski definition) is 2. The molecule has 0 atom stereocenters. The zero-order valence-electron chi connectivity index (χ0n) is 9.30. The Balaban J connectivity index is 2.23. The van der Waals surface area contributed by atoms with E-state index in [9.17, 15) is 0 Å². The number of nitrogen functional groups attached to an aromatic ring is 2. The van der Waals surface area contributed by atoms with Crippen molar-refractivity contribution in [2.45, 2.75) is 0 Å². The lowest BCUT2D eigenvalue weighted by molar-refractivity contribution is 1.13. The average molecular weight is 223 g/mol. The van der Waals surface area contributed by atoms with Crippen LogP contribution in [0.3, 0.4) is 0 Å². The topological polar surface area (TPSA) is 57.0 Å². The van der Waals surface area contributed by atoms with Gasteiger partial charge in [-0.3, -0.25) is 0 Å². The SMILES string of the molecule is Nc1ccc(-n2ccc3ccc(N)cc32)cc1. The van der Waals surface area contributed by atoms with Crippen LogP contribution in [0, 0.1) is 0 Å². The van der Waals surface area contributed by atoms with E-state index in [0.717, 1.165) is 22.6 Å². The summed E-state index contributed by atoms with van der Waals surface area (Å²) < 4.78 is 2.10. The summed E-state index contributed by atoms with van der Waals surface area (Å²) in [4.78, 5) is 0. The van der Waals surface area contributed by atoms with Crippen molar-refractivity contribution in [3.63, 3.8) is 0 Å². The third-order valence-electron chi connectivity index (χ3n) is 2.89. The molecule has 0 radical (unpaired) electrons. The van der Waals surface area contributed by atoms with E-state index in [1.807, 2.05) is 48.7 Å². The third-order valence-corrected chi connectivity index (χ3v) is 2.89. The molecular weight excluding hydrogens is 210 g/mol. The summed E-state index contributed by atoms with van der Waals surface area (Å²) in [5.74, 6) is 0. The lowest BCUT2D eigenvalue weighted by Gasteiger charge is -2.06. The van der Waals surface area contributed by atoms with Crippen molar-refractivity contribution in [1.82, 2.24) is 4.57 Å². The van der Waals surface area contributed by atoms with Gasteiger partial charge in [0.15, 0.2) is 0 Å². The van der Waals surface area contributed by atoms with E-state index in [0.29, 0.717) is 0 Å². The van der Waals surface area contributed by atoms with E-state index in [-0.39, 0.29) is 0 Å². The Bertz CT molecular complexity index is 666. The smallest absolute Gasteiger partial charge is 0.0548 e. The second kappa shape index (κ2) is 3.56. The van der Waals surface area contributed by atoms with Crippen molar-refractivity contribution in [1.29, 1.82) is 0 Å². The first-order valence-electron chi connectivity index (χ1n) is 5.46. The molecule has 0 saturated heterocycles. The highest BCUT2D eigenvalue weighted by Crippen LogP contribution is 2.23. The lowest BCUT2D eigenvalue weighted by atomic mass is 10.2. The summed E-state index contributed by atoms with van der Waals surface area (Å²) in [6.45, 7) is 0. The minimum atomic E-state index is 0.768. The molecule has 84 valence electrons. The molecule has 4 N–H and O–H groups in total. The quantitative estimate of drug-likeness (QED) is 0.623. The fourth-order valence-corrected chi connectivity index (χ4v) is 2.01. The summed E-state index contributed by atoms with van der Waals surface area (Å²) in [6.07, 6.45) is 2.04. The van der Waals surface area contributed by atoms with Crippen molar-refractivity contribution in [2.75, 3.05) is 11.5 Å². The van der Waals surface area contributed by atoms with Crippen LogP contribution < -0.4 is 11.5 Å². The molecule has 0 fully saturated rings. The maximum absolute atomic E-state index is 5.82. The van der Waals surface area contributed by atoms with E-state index in [4.69, 9.17) is 11.5 Å². The van der Waals surface area contributed by atoms with Crippen molar-refractivity contribution in [3.05, 3.63) is 54.7 Å².